The summed E-state index contributed by atoms with van der Waals surface area (Å²) in [5, 5.41) is 47.0. The van der Waals surface area contributed by atoms with E-state index in [1.165, 1.54) is 11.0 Å². The zero-order valence-electron chi connectivity index (χ0n) is 26.9. The number of allylic oxidation sites excluding steroid dienone is 1. The van der Waals surface area contributed by atoms with E-state index < -0.39 is 69.9 Å². The summed E-state index contributed by atoms with van der Waals surface area (Å²) in [6.07, 6.45) is 4.44. The highest BCUT2D eigenvalue weighted by Gasteiger charge is 2.67. The minimum Gasteiger partial charge on any atom is -0.510 e. The minimum atomic E-state index is -2.86. The average Bonchev–Trinajstić information content (AvgIpc) is 3.03. The summed E-state index contributed by atoms with van der Waals surface area (Å²) < 4.78 is 0. The SMILES string of the molecule is Cc1ccc(CC2c3cccc(O)c3C(=O)C3=C(O)C4(O)C(=O)C(C(N)=O)=C(O)C(N(C)C)C4C(CC(=O)C4CCCCC4)C32)cc1. The summed E-state index contributed by atoms with van der Waals surface area (Å²) in [4.78, 5) is 56.8. The first-order valence-corrected chi connectivity index (χ1v) is 16.3. The first-order chi connectivity index (χ1) is 22.3. The number of nitrogens with zero attached hydrogens (tertiary/aromatic N) is 1. The zero-order chi connectivity index (χ0) is 33.9. The molecule has 6 atom stereocenters. The lowest BCUT2D eigenvalue weighted by Crippen LogP contribution is -2.67. The fraction of sp³-hybridized carbons (Fsp3) is 0.459. The number of hydrogen-bond acceptors (Lipinski definition) is 9. The van der Waals surface area contributed by atoms with Crippen LogP contribution in [0.2, 0.25) is 0 Å². The van der Waals surface area contributed by atoms with E-state index in [1.54, 1.807) is 26.2 Å². The quantitative estimate of drug-likeness (QED) is 0.280. The predicted octanol–water partition coefficient (Wildman–Crippen LogP) is 3.98. The van der Waals surface area contributed by atoms with E-state index in [9.17, 15) is 39.6 Å². The molecule has 0 aromatic heterocycles. The van der Waals surface area contributed by atoms with Crippen molar-refractivity contribution in [1.29, 1.82) is 0 Å². The third-order valence-corrected chi connectivity index (χ3v) is 11.1. The Kier molecular flexibility index (Phi) is 8.38. The molecule has 1 saturated carbocycles. The number of phenolic OH excluding ortho intramolecular Hbond substituents is 1. The maximum absolute atomic E-state index is 14.4. The predicted molar refractivity (Wildman–Crippen MR) is 173 cm³/mol. The lowest BCUT2D eigenvalue weighted by atomic mass is 9.50. The third kappa shape index (κ3) is 5.09. The topological polar surface area (TPSA) is 178 Å². The van der Waals surface area contributed by atoms with E-state index in [0.29, 0.717) is 24.8 Å². The van der Waals surface area contributed by atoms with Crippen LogP contribution in [0.15, 0.2) is 65.1 Å². The summed E-state index contributed by atoms with van der Waals surface area (Å²) in [5.74, 6) is -9.36. The van der Waals surface area contributed by atoms with Gasteiger partial charge in [0.2, 0.25) is 5.78 Å². The zero-order valence-corrected chi connectivity index (χ0v) is 26.9. The van der Waals surface area contributed by atoms with Gasteiger partial charge in [-0.2, -0.15) is 0 Å². The van der Waals surface area contributed by atoms with E-state index >= 15 is 0 Å². The van der Waals surface area contributed by atoms with Gasteiger partial charge in [0.1, 0.15) is 28.6 Å². The minimum absolute atomic E-state index is 0.0530. The number of aryl methyl sites for hydroxylation is 1. The highest BCUT2D eigenvalue weighted by molar-refractivity contribution is 6.25. The fourth-order valence-electron chi connectivity index (χ4n) is 8.91. The molecule has 47 heavy (non-hydrogen) atoms. The Morgan fingerprint density at radius 3 is 2.26 bits per heavy atom. The Bertz CT molecular complexity index is 1720. The summed E-state index contributed by atoms with van der Waals surface area (Å²) in [6, 6.07) is 11.4. The van der Waals surface area contributed by atoms with Crippen LogP contribution in [0.4, 0.5) is 0 Å². The van der Waals surface area contributed by atoms with Gasteiger partial charge in [0.05, 0.1) is 11.6 Å². The molecule has 0 spiro atoms. The fourth-order valence-corrected chi connectivity index (χ4v) is 8.91. The molecule has 4 aliphatic rings. The molecule has 248 valence electrons. The largest absolute Gasteiger partial charge is 0.510 e. The number of aromatic hydroxyl groups is 1. The highest BCUT2D eigenvalue weighted by atomic mass is 16.3. The number of carbonyl (C=O) groups excluding carboxylic acids is 4. The van der Waals surface area contributed by atoms with Gasteiger partial charge in [-0.1, -0.05) is 61.2 Å². The van der Waals surface area contributed by atoms with Gasteiger partial charge in [-0.25, -0.2) is 0 Å². The first kappa shape index (κ1) is 32.7. The number of fused-ring (bicyclic) bond motifs is 3. The molecule has 2 aromatic carbocycles. The van der Waals surface area contributed by atoms with Gasteiger partial charge < -0.3 is 26.2 Å². The second-order valence-corrected chi connectivity index (χ2v) is 14.0. The molecule has 0 heterocycles. The summed E-state index contributed by atoms with van der Waals surface area (Å²) in [6.45, 7) is 1.96. The van der Waals surface area contributed by atoms with Gasteiger partial charge in [0.25, 0.3) is 5.91 Å². The number of benzene rings is 2. The smallest absolute Gasteiger partial charge is 0.255 e. The number of ketones is 3. The lowest BCUT2D eigenvalue weighted by Gasteiger charge is -2.55. The molecule has 1 fully saturated rings. The van der Waals surface area contributed by atoms with Crippen molar-refractivity contribution in [3.8, 4) is 5.75 Å². The van der Waals surface area contributed by atoms with Gasteiger partial charge in [-0.15, -0.1) is 0 Å². The van der Waals surface area contributed by atoms with E-state index in [1.807, 2.05) is 31.2 Å². The first-order valence-electron chi connectivity index (χ1n) is 16.3. The second-order valence-electron chi connectivity index (χ2n) is 14.0. The van der Waals surface area contributed by atoms with Crippen LogP contribution in [0.5, 0.6) is 5.75 Å². The van der Waals surface area contributed by atoms with E-state index in [0.717, 1.165) is 30.4 Å². The van der Waals surface area contributed by atoms with Gasteiger partial charge in [0, 0.05) is 29.7 Å². The van der Waals surface area contributed by atoms with Gasteiger partial charge >= 0.3 is 0 Å². The van der Waals surface area contributed by atoms with Gasteiger partial charge in [-0.3, -0.25) is 24.1 Å². The van der Waals surface area contributed by atoms with Gasteiger partial charge in [-0.05, 0) is 69.3 Å². The molecule has 0 aliphatic heterocycles. The van der Waals surface area contributed by atoms with Crippen LogP contribution in [0.25, 0.3) is 0 Å². The van der Waals surface area contributed by atoms with Crippen molar-refractivity contribution >= 4 is 23.3 Å². The highest BCUT2D eigenvalue weighted by Crippen LogP contribution is 2.59. The van der Waals surface area contributed by atoms with Crippen molar-refractivity contribution < 1.29 is 39.6 Å². The molecule has 0 saturated heterocycles. The van der Waals surface area contributed by atoms with Crippen LogP contribution >= 0.6 is 0 Å². The second kappa shape index (κ2) is 12.1. The van der Waals surface area contributed by atoms with Crippen LogP contribution in [0.1, 0.15) is 71.5 Å². The number of rotatable bonds is 7. The molecular weight excluding hydrogens is 600 g/mol. The van der Waals surface area contributed by atoms with E-state index in [4.69, 9.17) is 5.73 Å². The number of carbonyl (C=O) groups is 4. The van der Waals surface area contributed by atoms with Crippen LogP contribution < -0.4 is 5.73 Å². The van der Waals surface area contributed by atoms with Crippen molar-refractivity contribution in [1.82, 2.24) is 4.90 Å². The Balaban J connectivity index is 1.64. The number of Topliss-reactive ketones (excluding diaryl/α,β-unsaturated/α-hetero) is 3. The Labute approximate surface area is 273 Å². The maximum Gasteiger partial charge on any atom is 0.255 e. The lowest BCUT2D eigenvalue weighted by molar-refractivity contribution is -0.156. The molecule has 6 unspecified atom stereocenters. The average molecular weight is 643 g/mol. The molecule has 0 bridgehead atoms. The molecule has 0 radical (unpaired) electrons. The standard InChI is InChI=1S/C37H42N2O8/c1-18-12-14-19(15-13-18)16-22-21-10-7-11-24(40)27(21)32(42)28-26(22)23(17-25(41)20-8-5-4-6-9-20)30-31(39(2)3)33(43)29(36(38)46)35(45)37(30,47)34(28)44/h7,10-15,20,22-23,26,30-31,40,43-44,47H,4-6,8-9,16-17H2,1-3H3,(H2,38,46). The summed E-state index contributed by atoms with van der Waals surface area (Å²) >= 11 is 0. The Morgan fingerprint density at radius 2 is 1.64 bits per heavy atom. The third-order valence-electron chi connectivity index (χ3n) is 11.1. The molecule has 10 nitrogen and oxygen atoms in total. The summed E-state index contributed by atoms with van der Waals surface area (Å²) in [5.41, 5.74) is 3.98. The van der Waals surface area contributed by atoms with Crippen molar-refractivity contribution in [2.75, 3.05) is 14.1 Å². The normalized spacial score (nSPS) is 29.4. The number of amides is 1. The monoisotopic (exact) mass is 642 g/mol. The molecular formula is C37H42N2O8. The maximum atomic E-state index is 14.4. The van der Waals surface area contributed by atoms with Crippen LogP contribution in [0, 0.1) is 30.6 Å². The number of aliphatic hydroxyl groups excluding tert-OH is 2. The van der Waals surface area contributed by atoms with Gasteiger partial charge in [0.15, 0.2) is 11.4 Å². The van der Waals surface area contributed by atoms with E-state index in [2.05, 4.69) is 0 Å². The Hall–Kier alpha value is -4.28. The molecule has 1 amide bonds. The number of primary amides is 1. The number of likely N-dealkylation sites (N-methyl/N-ethyl adjacent to an activating group) is 1. The van der Waals surface area contributed by atoms with Crippen LogP contribution in [-0.2, 0) is 20.8 Å². The summed E-state index contributed by atoms with van der Waals surface area (Å²) in [7, 11) is 3.18. The molecule has 4 aliphatic carbocycles. The van der Waals surface area contributed by atoms with Crippen LogP contribution in [-0.4, -0.2) is 74.3 Å². The van der Waals surface area contributed by atoms with Crippen LogP contribution in [0.3, 0.4) is 0 Å². The Morgan fingerprint density at radius 1 is 0.979 bits per heavy atom. The van der Waals surface area contributed by atoms with E-state index in [-0.39, 0.29) is 35.0 Å². The molecule has 2 aromatic rings. The van der Waals surface area contributed by atoms with Crippen molar-refractivity contribution in [3.05, 3.63) is 87.4 Å². The van der Waals surface area contributed by atoms with Crippen molar-refractivity contribution in [3.63, 3.8) is 0 Å². The number of nitrogens with two attached hydrogens (primary N) is 1. The molecule has 6 N–H and O–H groups in total. The number of aliphatic hydroxyl groups is 3. The van der Waals surface area contributed by atoms with Crippen molar-refractivity contribution in [2.45, 2.75) is 69.4 Å². The number of phenols is 1. The number of hydrogen-bond donors (Lipinski definition) is 5. The molecule has 10 heteroatoms. The van der Waals surface area contributed by atoms with Crippen molar-refractivity contribution in [2.24, 2.45) is 29.4 Å². The molecule has 6 rings (SSSR count).